The Balaban J connectivity index is 2.14. The summed E-state index contributed by atoms with van der Waals surface area (Å²) in [5, 5.41) is 17.8. The average molecular weight is 229 g/mol. The molecule has 4 nitrogen and oxygen atoms in total. The molecule has 0 bridgehead atoms. The molecule has 2 aromatic rings. The molecule has 0 amide bonds. The Kier molecular flexibility index (Phi) is 3.42. The van der Waals surface area contributed by atoms with E-state index in [2.05, 4.69) is 4.98 Å². The summed E-state index contributed by atoms with van der Waals surface area (Å²) < 4.78 is 5.52. The van der Waals surface area contributed by atoms with Crippen LogP contribution in [0.25, 0.3) is 0 Å². The van der Waals surface area contributed by atoms with Crippen LogP contribution in [0.5, 0.6) is 11.6 Å². The van der Waals surface area contributed by atoms with Gasteiger partial charge in [-0.15, -0.1) is 0 Å². The molecule has 0 atom stereocenters. The van der Waals surface area contributed by atoms with Gasteiger partial charge in [0.15, 0.2) is 0 Å². The van der Waals surface area contributed by atoms with Crippen molar-refractivity contribution in [3.8, 4) is 11.6 Å². The molecule has 0 radical (unpaired) electrons. The molecule has 0 aliphatic rings. The maximum atomic E-state index is 8.92. The number of hydrogen-bond donors (Lipinski definition) is 2. The third-order valence-electron chi connectivity index (χ3n) is 2.27. The van der Waals surface area contributed by atoms with Gasteiger partial charge in [-0.2, -0.15) is 0 Å². The van der Waals surface area contributed by atoms with E-state index in [1.54, 1.807) is 12.1 Å². The van der Waals surface area contributed by atoms with Crippen molar-refractivity contribution in [3.05, 3.63) is 48.2 Å². The minimum Gasteiger partial charge on any atom is -0.439 e. The Morgan fingerprint density at radius 1 is 1.18 bits per heavy atom. The van der Waals surface area contributed by atoms with Gasteiger partial charge in [0.2, 0.25) is 5.88 Å². The highest BCUT2D eigenvalue weighted by atomic mass is 16.5. The fourth-order valence-corrected chi connectivity index (χ4v) is 1.40. The van der Waals surface area contributed by atoms with Crippen molar-refractivity contribution in [1.29, 1.82) is 0 Å². The molecule has 2 N–H and O–H groups in total. The van der Waals surface area contributed by atoms with Crippen LogP contribution >= 0.6 is 0 Å². The molecular formula is C12H12BNO3. The second-order valence-corrected chi connectivity index (χ2v) is 3.72. The first kappa shape index (κ1) is 11.6. The maximum absolute atomic E-state index is 8.92. The summed E-state index contributed by atoms with van der Waals surface area (Å²) in [6, 6.07) is 10.8. The molecule has 0 saturated carbocycles. The van der Waals surface area contributed by atoms with Crippen LogP contribution < -0.4 is 10.2 Å². The van der Waals surface area contributed by atoms with Crippen LogP contribution in [-0.2, 0) is 0 Å². The van der Waals surface area contributed by atoms with Gasteiger partial charge in [0.05, 0.1) is 0 Å². The van der Waals surface area contributed by atoms with Crippen LogP contribution in [0.1, 0.15) is 5.56 Å². The molecule has 1 heterocycles. The largest absolute Gasteiger partial charge is 0.490 e. The summed E-state index contributed by atoms with van der Waals surface area (Å²) in [5.41, 5.74) is 1.44. The smallest absolute Gasteiger partial charge is 0.439 e. The van der Waals surface area contributed by atoms with E-state index in [-0.39, 0.29) is 0 Å². The molecular weight excluding hydrogens is 217 g/mol. The molecule has 0 unspecified atom stereocenters. The minimum absolute atomic E-state index is 0.335. The summed E-state index contributed by atoms with van der Waals surface area (Å²) in [6.07, 6.45) is 1.37. The van der Waals surface area contributed by atoms with E-state index < -0.39 is 7.12 Å². The lowest BCUT2D eigenvalue weighted by Crippen LogP contribution is -2.29. The van der Waals surface area contributed by atoms with E-state index >= 15 is 0 Å². The summed E-state index contributed by atoms with van der Waals surface area (Å²) in [6.45, 7) is 1.98. The molecule has 2 rings (SSSR count). The Bertz CT molecular complexity index is 499. The van der Waals surface area contributed by atoms with Crippen molar-refractivity contribution in [3.63, 3.8) is 0 Å². The van der Waals surface area contributed by atoms with Crippen LogP contribution in [0.15, 0.2) is 42.6 Å². The van der Waals surface area contributed by atoms with Crippen LogP contribution in [0.4, 0.5) is 0 Å². The number of aromatic nitrogens is 1. The van der Waals surface area contributed by atoms with Gasteiger partial charge in [0, 0.05) is 17.7 Å². The SMILES string of the molecule is Cc1cccc(Oc2ccc(B(O)O)cn2)c1. The molecule has 86 valence electrons. The van der Waals surface area contributed by atoms with Gasteiger partial charge in [0.25, 0.3) is 0 Å². The van der Waals surface area contributed by atoms with E-state index in [0.29, 0.717) is 17.1 Å². The lowest BCUT2D eigenvalue weighted by atomic mass is 9.82. The Morgan fingerprint density at radius 2 is 2.00 bits per heavy atom. The van der Waals surface area contributed by atoms with Crippen LogP contribution in [0, 0.1) is 6.92 Å². The number of pyridine rings is 1. The van der Waals surface area contributed by atoms with Gasteiger partial charge in [-0.1, -0.05) is 18.2 Å². The number of nitrogens with zero attached hydrogens (tertiary/aromatic N) is 1. The first-order chi connectivity index (χ1) is 8.15. The molecule has 5 heteroatoms. The van der Waals surface area contributed by atoms with Crippen LogP contribution in [-0.4, -0.2) is 22.2 Å². The predicted octanol–water partition coefficient (Wildman–Crippen LogP) is 0.862. The van der Waals surface area contributed by atoms with E-state index in [9.17, 15) is 0 Å². The third kappa shape index (κ3) is 3.06. The normalized spacial score (nSPS) is 10.1. The average Bonchev–Trinajstić information content (AvgIpc) is 2.29. The lowest BCUT2D eigenvalue weighted by Gasteiger charge is -2.06. The Labute approximate surface area is 99.7 Å². The van der Waals surface area contributed by atoms with E-state index in [4.69, 9.17) is 14.8 Å². The van der Waals surface area contributed by atoms with Gasteiger partial charge in [-0.3, -0.25) is 0 Å². The van der Waals surface area contributed by atoms with Gasteiger partial charge in [-0.25, -0.2) is 4.98 Å². The zero-order valence-corrected chi connectivity index (χ0v) is 9.37. The number of rotatable bonds is 3. The monoisotopic (exact) mass is 229 g/mol. The van der Waals surface area contributed by atoms with Gasteiger partial charge in [-0.05, 0) is 24.6 Å². The summed E-state index contributed by atoms with van der Waals surface area (Å²) in [5.74, 6) is 1.12. The number of benzene rings is 1. The zero-order valence-electron chi connectivity index (χ0n) is 9.37. The molecule has 0 spiro atoms. The molecule has 17 heavy (non-hydrogen) atoms. The van der Waals surface area contributed by atoms with Crippen LogP contribution in [0.2, 0.25) is 0 Å². The molecule has 0 aliphatic carbocycles. The lowest BCUT2D eigenvalue weighted by molar-refractivity contribution is 0.425. The Morgan fingerprint density at radius 3 is 2.59 bits per heavy atom. The molecule has 1 aromatic heterocycles. The zero-order chi connectivity index (χ0) is 12.3. The molecule has 0 aliphatic heterocycles. The number of aryl methyl sites for hydroxylation is 1. The maximum Gasteiger partial charge on any atom is 0.490 e. The van der Waals surface area contributed by atoms with Crippen molar-refractivity contribution < 1.29 is 14.8 Å². The predicted molar refractivity (Wildman–Crippen MR) is 65.3 cm³/mol. The first-order valence-corrected chi connectivity index (χ1v) is 5.22. The highest BCUT2D eigenvalue weighted by Gasteiger charge is 2.10. The summed E-state index contributed by atoms with van der Waals surface area (Å²) >= 11 is 0. The van der Waals surface area contributed by atoms with Crippen molar-refractivity contribution in [2.24, 2.45) is 0 Å². The van der Waals surface area contributed by atoms with Crippen molar-refractivity contribution >= 4 is 12.6 Å². The van der Waals surface area contributed by atoms with Crippen molar-refractivity contribution in [2.45, 2.75) is 6.92 Å². The van der Waals surface area contributed by atoms with Gasteiger partial charge in [0.1, 0.15) is 5.75 Å². The number of ether oxygens (including phenoxy) is 1. The van der Waals surface area contributed by atoms with E-state index in [1.165, 1.54) is 6.20 Å². The fraction of sp³-hybridized carbons (Fsp3) is 0.0833. The van der Waals surface area contributed by atoms with E-state index in [0.717, 1.165) is 5.56 Å². The number of hydrogen-bond acceptors (Lipinski definition) is 4. The quantitative estimate of drug-likeness (QED) is 0.766. The van der Waals surface area contributed by atoms with Gasteiger partial charge >= 0.3 is 7.12 Å². The Hall–Kier alpha value is -1.85. The second kappa shape index (κ2) is 4.99. The molecule has 0 fully saturated rings. The standard InChI is InChI=1S/C12H12BNO3/c1-9-3-2-4-11(7-9)17-12-6-5-10(8-14-12)13(15)16/h2-8,15-16H,1H3. The first-order valence-electron chi connectivity index (χ1n) is 5.22. The highest BCUT2D eigenvalue weighted by molar-refractivity contribution is 6.58. The summed E-state index contributed by atoms with van der Waals surface area (Å²) in [4.78, 5) is 3.98. The fourth-order valence-electron chi connectivity index (χ4n) is 1.40. The van der Waals surface area contributed by atoms with Crippen LogP contribution in [0.3, 0.4) is 0 Å². The second-order valence-electron chi connectivity index (χ2n) is 3.72. The van der Waals surface area contributed by atoms with Crippen molar-refractivity contribution in [2.75, 3.05) is 0 Å². The highest BCUT2D eigenvalue weighted by Crippen LogP contribution is 2.19. The summed E-state index contributed by atoms with van der Waals surface area (Å²) in [7, 11) is -1.50. The topological polar surface area (TPSA) is 62.6 Å². The van der Waals surface area contributed by atoms with Crippen molar-refractivity contribution in [1.82, 2.24) is 4.98 Å². The minimum atomic E-state index is -1.50. The van der Waals surface area contributed by atoms with Gasteiger partial charge < -0.3 is 14.8 Å². The third-order valence-corrected chi connectivity index (χ3v) is 2.27. The molecule has 1 aromatic carbocycles. The molecule has 0 saturated heterocycles. The van der Waals surface area contributed by atoms with E-state index in [1.807, 2.05) is 31.2 Å².